The van der Waals surface area contributed by atoms with E-state index in [4.69, 9.17) is 9.66 Å². The van der Waals surface area contributed by atoms with Crippen molar-refractivity contribution in [3.05, 3.63) is 33.9 Å². The van der Waals surface area contributed by atoms with Crippen LogP contribution < -0.4 is 5.32 Å². The summed E-state index contributed by atoms with van der Waals surface area (Å²) in [6.45, 7) is -0.556. The van der Waals surface area contributed by atoms with E-state index in [1.54, 1.807) is 0 Å². The summed E-state index contributed by atoms with van der Waals surface area (Å²) < 4.78 is 31.0. The fourth-order valence-electron chi connectivity index (χ4n) is 2.62. The van der Waals surface area contributed by atoms with E-state index in [-0.39, 0.29) is 64.4 Å². The van der Waals surface area contributed by atoms with E-state index >= 15 is 0 Å². The molecule has 1 atom stereocenters. The van der Waals surface area contributed by atoms with Crippen molar-refractivity contribution in [1.82, 2.24) is 5.06 Å². The SMILES string of the molecule is O=C(CCCC(=O)ON1C(=O)CC(S(=O)(=O)O)C1=O)Nc1ccc(CO)c([N+](=O)[O-])c1.[NaH]. The van der Waals surface area contributed by atoms with Crippen LogP contribution in [-0.2, 0) is 40.7 Å². The van der Waals surface area contributed by atoms with E-state index in [0.717, 1.165) is 6.07 Å². The number of hydroxylamine groups is 2. The Morgan fingerprint density at radius 2 is 1.94 bits per heavy atom. The van der Waals surface area contributed by atoms with E-state index < -0.39 is 63.4 Å². The molecule has 1 aromatic carbocycles. The first-order valence-corrected chi connectivity index (χ1v) is 10.2. The van der Waals surface area contributed by atoms with Crippen molar-refractivity contribution in [2.45, 2.75) is 37.5 Å². The Morgan fingerprint density at radius 1 is 1.28 bits per heavy atom. The van der Waals surface area contributed by atoms with E-state index in [2.05, 4.69) is 10.2 Å². The van der Waals surface area contributed by atoms with E-state index in [9.17, 15) is 37.7 Å². The molecule has 0 bridgehead atoms. The Kier molecular flexibility index (Phi) is 9.87. The zero-order chi connectivity index (χ0) is 23.3. The number of nitrogens with one attached hydrogen (secondary N) is 1. The number of rotatable bonds is 9. The van der Waals surface area contributed by atoms with Crippen molar-refractivity contribution >= 4 is 74.7 Å². The Balaban J connectivity index is 0.00000512. The third-order valence-electron chi connectivity index (χ3n) is 4.14. The van der Waals surface area contributed by atoms with Crippen LogP contribution in [0.4, 0.5) is 11.4 Å². The van der Waals surface area contributed by atoms with Gasteiger partial charge in [0.25, 0.3) is 27.6 Å². The number of hydrogen-bond acceptors (Lipinski definition) is 10. The average Bonchev–Trinajstić information content (AvgIpc) is 2.96. The van der Waals surface area contributed by atoms with Crippen LogP contribution in [0.1, 0.15) is 31.2 Å². The summed E-state index contributed by atoms with van der Waals surface area (Å²) in [5.41, 5.74) is -0.221. The summed E-state index contributed by atoms with van der Waals surface area (Å²) in [6.07, 6.45) is -1.58. The van der Waals surface area contributed by atoms with Crippen molar-refractivity contribution in [3.63, 3.8) is 0 Å². The van der Waals surface area contributed by atoms with Crippen LogP contribution in [0.2, 0.25) is 0 Å². The molecule has 0 aliphatic carbocycles. The number of aliphatic hydroxyl groups excluding tert-OH is 1. The van der Waals surface area contributed by atoms with E-state index in [1.165, 1.54) is 12.1 Å². The van der Waals surface area contributed by atoms with Crippen molar-refractivity contribution in [1.29, 1.82) is 0 Å². The molecule has 32 heavy (non-hydrogen) atoms. The Morgan fingerprint density at radius 3 is 2.47 bits per heavy atom. The summed E-state index contributed by atoms with van der Waals surface area (Å²) in [4.78, 5) is 61.8. The van der Waals surface area contributed by atoms with Crippen LogP contribution in [0.5, 0.6) is 0 Å². The maximum atomic E-state index is 11.9. The van der Waals surface area contributed by atoms with Gasteiger partial charge in [0, 0.05) is 24.6 Å². The van der Waals surface area contributed by atoms with Crippen LogP contribution in [0.25, 0.3) is 0 Å². The monoisotopic (exact) mass is 483 g/mol. The maximum absolute atomic E-state index is 11.9. The molecule has 0 saturated carbocycles. The number of nitrogens with zero attached hydrogens (tertiary/aromatic N) is 2. The first kappa shape index (κ1) is 27.6. The number of hydrogen-bond donors (Lipinski definition) is 3. The van der Waals surface area contributed by atoms with E-state index in [0.29, 0.717) is 0 Å². The molecule has 14 nitrogen and oxygen atoms in total. The van der Waals surface area contributed by atoms with Crippen molar-refractivity contribution < 1.29 is 47.0 Å². The second-order valence-electron chi connectivity index (χ2n) is 6.36. The Labute approximate surface area is 203 Å². The zero-order valence-electron chi connectivity index (χ0n) is 15.7. The van der Waals surface area contributed by atoms with Crippen molar-refractivity contribution in [2.75, 3.05) is 5.32 Å². The van der Waals surface area contributed by atoms with Crippen LogP contribution in [-0.4, -0.2) is 86.6 Å². The molecule has 1 aliphatic rings. The standard InChI is InChI=1S/C16H17N3O11S.Na.H/c20-8-9-4-5-10(6-11(9)19(25)26)17-13(21)2-1-3-15(23)30-18-14(22)7-12(16(18)24)31(27,28)29;;/h4-6,12,20H,1-3,7-8H2,(H,17,21)(H,27,28,29);;. The predicted molar refractivity (Wildman–Crippen MR) is 107 cm³/mol. The van der Waals surface area contributed by atoms with Crippen LogP contribution in [0.3, 0.4) is 0 Å². The number of nitro groups is 1. The van der Waals surface area contributed by atoms with Crippen LogP contribution in [0.15, 0.2) is 18.2 Å². The summed E-state index contributed by atoms with van der Waals surface area (Å²) in [5, 5.41) is 20.3. The second kappa shape index (κ2) is 11.4. The summed E-state index contributed by atoms with van der Waals surface area (Å²) in [6, 6.07) is 3.68. The molecule has 0 spiro atoms. The summed E-state index contributed by atoms with van der Waals surface area (Å²) >= 11 is 0. The number of aliphatic hydroxyl groups is 1. The van der Waals surface area contributed by atoms with Gasteiger partial charge in [0.1, 0.15) is 0 Å². The second-order valence-corrected chi connectivity index (χ2v) is 7.96. The molecule has 1 saturated heterocycles. The van der Waals surface area contributed by atoms with Crippen molar-refractivity contribution in [3.8, 4) is 0 Å². The topological polar surface area (TPSA) is 211 Å². The quantitative estimate of drug-likeness (QED) is 0.128. The molecule has 1 unspecified atom stereocenters. The molecular formula is C16H18N3NaO11S. The van der Waals surface area contributed by atoms with Gasteiger partial charge in [-0.15, -0.1) is 5.06 Å². The fraction of sp³-hybridized carbons (Fsp3) is 0.375. The van der Waals surface area contributed by atoms with Crippen molar-refractivity contribution in [2.24, 2.45) is 0 Å². The fourth-order valence-corrected chi connectivity index (χ4v) is 3.32. The molecule has 3 amide bonds. The molecule has 1 heterocycles. The number of carbonyl (C=O) groups is 4. The number of benzene rings is 1. The molecule has 170 valence electrons. The van der Waals surface area contributed by atoms with Gasteiger partial charge in [0.15, 0.2) is 5.25 Å². The van der Waals surface area contributed by atoms with Gasteiger partial charge in [-0.1, -0.05) is 0 Å². The molecule has 1 aromatic rings. The van der Waals surface area contributed by atoms with Crippen LogP contribution in [0, 0.1) is 10.1 Å². The normalized spacial score (nSPS) is 15.8. The molecule has 0 aromatic heterocycles. The van der Waals surface area contributed by atoms with Gasteiger partial charge in [0.2, 0.25) is 5.91 Å². The molecule has 1 fully saturated rings. The third kappa shape index (κ3) is 7.04. The summed E-state index contributed by atoms with van der Waals surface area (Å²) in [7, 11) is -4.84. The molecule has 1 aliphatic heterocycles. The van der Waals surface area contributed by atoms with Gasteiger partial charge in [-0.3, -0.25) is 29.1 Å². The Hall–Kier alpha value is -2.43. The number of imide groups is 1. The zero-order valence-corrected chi connectivity index (χ0v) is 16.5. The minimum atomic E-state index is -4.84. The number of anilines is 1. The molecular weight excluding hydrogens is 465 g/mol. The van der Waals surface area contributed by atoms with Gasteiger partial charge in [0.05, 0.1) is 23.5 Å². The van der Waals surface area contributed by atoms with Gasteiger partial charge in [-0.2, -0.15) is 8.42 Å². The Bertz CT molecular complexity index is 1040. The molecule has 16 heteroatoms. The predicted octanol–water partition coefficient (Wildman–Crippen LogP) is -0.979. The summed E-state index contributed by atoms with van der Waals surface area (Å²) in [5.74, 6) is -4.20. The minimum absolute atomic E-state index is 0. The van der Waals surface area contributed by atoms with Gasteiger partial charge in [-0.25, -0.2) is 4.79 Å². The number of nitro benzene ring substituents is 1. The van der Waals surface area contributed by atoms with Gasteiger partial charge in [-0.05, 0) is 18.6 Å². The number of amides is 3. The number of carbonyl (C=O) groups excluding carboxylic acids is 4. The van der Waals surface area contributed by atoms with Crippen LogP contribution >= 0.6 is 0 Å². The average molecular weight is 483 g/mol. The first-order chi connectivity index (χ1) is 14.4. The van der Waals surface area contributed by atoms with E-state index in [1.807, 2.05) is 0 Å². The third-order valence-corrected chi connectivity index (χ3v) is 5.22. The van der Waals surface area contributed by atoms with Gasteiger partial charge >= 0.3 is 35.5 Å². The first-order valence-electron chi connectivity index (χ1n) is 8.66. The molecule has 3 N–H and O–H groups in total. The molecule has 2 rings (SSSR count). The van der Waals surface area contributed by atoms with Gasteiger partial charge < -0.3 is 15.3 Å². The molecule has 0 radical (unpaired) electrons.